The van der Waals surface area contributed by atoms with Crippen molar-refractivity contribution in [2.45, 2.75) is 90.7 Å². The molecule has 15 rings (SSSR count). The molecule has 10 aliphatic heterocycles. The maximum absolute atomic E-state index is 14.8. The number of ether oxygens (including phenoxy) is 5. The van der Waals surface area contributed by atoms with Gasteiger partial charge in [-0.3, -0.25) is 0 Å². The van der Waals surface area contributed by atoms with E-state index in [1.807, 2.05) is 115 Å². The monoisotopic (exact) mass is 1580 g/mol. The predicted molar refractivity (Wildman–Crippen MR) is 354 cm³/mol. The van der Waals surface area contributed by atoms with Gasteiger partial charge in [0.25, 0.3) is 0 Å². The van der Waals surface area contributed by atoms with E-state index < -0.39 is 91.6 Å². The summed E-state index contributed by atoms with van der Waals surface area (Å²) >= 11 is 17.3. The molecule has 2 unspecified atom stereocenters. The molecule has 490 valence electrons. The van der Waals surface area contributed by atoms with E-state index in [4.69, 9.17) is 23.7 Å². The van der Waals surface area contributed by atoms with Gasteiger partial charge < -0.3 is 73.7 Å². The number of hydrogen-bond donors (Lipinski definition) is 5. The highest BCUT2D eigenvalue weighted by molar-refractivity contribution is 9.11. The van der Waals surface area contributed by atoms with Gasteiger partial charge >= 0.3 is 0 Å². The Morgan fingerprint density at radius 3 is 0.633 bits per heavy atom. The molecule has 0 radical (unpaired) electrons. The standard InChI is InChI=1S/5C13H15BrFNO2/c5*14-10-2-1-9-6-13(15,8-17)12-7-18-4-3-16(12)11(9)5-10/h5*1-2,5,12,17H,3-4,6-8H2/t2*12-,13+;2*12-,13-;/m1010./s1. The Morgan fingerprint density at radius 1 is 0.311 bits per heavy atom. The molecule has 10 atom stereocenters. The lowest BCUT2D eigenvalue weighted by atomic mass is 9.83. The smallest absolute Gasteiger partial charge is 0.160 e. The number of aliphatic hydroxyl groups excluding tert-OH is 5. The second kappa shape index (κ2) is 28.6. The fourth-order valence-corrected chi connectivity index (χ4v) is 16.1. The molecule has 10 aliphatic rings. The lowest BCUT2D eigenvalue weighted by Crippen LogP contribution is -2.62. The summed E-state index contributed by atoms with van der Waals surface area (Å²) in [5.41, 5.74) is 1.98. The van der Waals surface area contributed by atoms with Crippen LogP contribution in [0.25, 0.3) is 0 Å². The molecule has 15 nitrogen and oxygen atoms in total. The van der Waals surface area contributed by atoms with Crippen LogP contribution in [0.1, 0.15) is 27.8 Å². The van der Waals surface area contributed by atoms with Gasteiger partial charge in [-0.15, -0.1) is 0 Å². The Kier molecular flexibility index (Phi) is 21.7. The van der Waals surface area contributed by atoms with E-state index in [2.05, 4.69) is 79.6 Å². The summed E-state index contributed by atoms with van der Waals surface area (Å²) in [5.74, 6) is 0. The third-order valence-corrected chi connectivity index (χ3v) is 21.6. The molecule has 0 aliphatic carbocycles. The normalized spacial score (nSPS) is 30.8. The van der Waals surface area contributed by atoms with Gasteiger partial charge in [0, 0.05) is 116 Å². The first kappa shape index (κ1) is 68.1. The van der Waals surface area contributed by atoms with Crippen molar-refractivity contribution in [1.82, 2.24) is 0 Å². The summed E-state index contributed by atoms with van der Waals surface area (Å²) in [7, 11) is 0. The molecule has 0 bridgehead atoms. The first-order valence-corrected chi connectivity index (χ1v) is 34.3. The highest BCUT2D eigenvalue weighted by Crippen LogP contribution is 2.46. The number of fused-ring (bicyclic) bond motifs is 15. The topological polar surface area (TPSA) is 164 Å². The molecule has 0 saturated carbocycles. The lowest BCUT2D eigenvalue weighted by Gasteiger charge is -2.48. The van der Waals surface area contributed by atoms with Gasteiger partial charge in [-0.2, -0.15) is 0 Å². The molecule has 5 N–H and O–H groups in total. The van der Waals surface area contributed by atoms with Crippen LogP contribution in [0.3, 0.4) is 0 Å². The molecular weight excluding hydrogens is 1510 g/mol. The second-order valence-corrected chi connectivity index (χ2v) is 29.2. The van der Waals surface area contributed by atoms with Crippen LogP contribution in [-0.4, -0.2) is 216 Å². The Bertz CT molecular complexity index is 2850. The SMILES string of the molecule is OCC1(F)Cc2ccc(Br)cc2N2CCOCC21.OC[C@@]1(F)Cc2ccc(Br)cc2N2CCOC[C@@H]21.OC[C@@]1(F)Cc2ccc(Br)cc2N2CCOC[C@H]21.OC[C@]1(F)Cc2ccc(Br)cc2N2CCOC[C@@H]21.OC[C@]1(F)Cc2ccc(Br)cc2N2CCOC[C@H]21. The second-order valence-electron chi connectivity index (χ2n) is 24.6. The Hall–Kier alpha value is -3.25. The molecule has 5 aromatic carbocycles. The first-order chi connectivity index (χ1) is 43.2. The molecule has 0 amide bonds. The van der Waals surface area contributed by atoms with Crippen molar-refractivity contribution in [3.05, 3.63) is 141 Å². The summed E-state index contributed by atoms with van der Waals surface area (Å²) in [6.45, 7) is 5.69. The zero-order valence-corrected chi connectivity index (χ0v) is 57.4. The molecule has 0 aromatic heterocycles. The summed E-state index contributed by atoms with van der Waals surface area (Å²) in [6.07, 6.45) is 1.23. The van der Waals surface area contributed by atoms with Crippen molar-refractivity contribution in [1.29, 1.82) is 0 Å². The van der Waals surface area contributed by atoms with Crippen LogP contribution < -0.4 is 24.5 Å². The van der Waals surface area contributed by atoms with E-state index in [0.717, 1.165) is 78.6 Å². The van der Waals surface area contributed by atoms with Crippen molar-refractivity contribution in [2.24, 2.45) is 0 Å². The molecule has 5 fully saturated rings. The summed E-state index contributed by atoms with van der Waals surface area (Å²) in [5, 5.41) is 47.0. The molecular formula is C65H75Br5F5N5O10. The number of aliphatic hydroxyl groups is 5. The minimum Gasteiger partial charge on any atom is -0.393 e. The van der Waals surface area contributed by atoms with Crippen LogP contribution in [0.2, 0.25) is 0 Å². The summed E-state index contributed by atoms with van der Waals surface area (Å²) in [6, 6.07) is 27.3. The number of hydrogen-bond acceptors (Lipinski definition) is 15. The van der Waals surface area contributed by atoms with Crippen molar-refractivity contribution in [3.63, 3.8) is 0 Å². The van der Waals surface area contributed by atoms with Gasteiger partial charge in [0.1, 0.15) is 0 Å². The fraction of sp³-hybridized carbons (Fsp3) is 0.538. The Morgan fingerprint density at radius 2 is 0.478 bits per heavy atom. The third kappa shape index (κ3) is 13.9. The minimum atomic E-state index is -1.61. The van der Waals surface area contributed by atoms with Crippen LogP contribution in [-0.2, 0) is 55.8 Å². The number of alkyl halides is 5. The van der Waals surface area contributed by atoms with E-state index in [-0.39, 0.29) is 32.1 Å². The van der Waals surface area contributed by atoms with Crippen molar-refractivity contribution in [2.75, 3.05) is 156 Å². The predicted octanol–water partition coefficient (Wildman–Crippen LogP) is 9.56. The fourth-order valence-electron chi connectivity index (χ4n) is 14.4. The maximum Gasteiger partial charge on any atom is 0.160 e. The highest BCUT2D eigenvalue weighted by Gasteiger charge is 2.53. The number of nitrogens with zero attached hydrogens (tertiary/aromatic N) is 5. The zero-order valence-electron chi connectivity index (χ0n) is 49.5. The number of benzene rings is 5. The Balaban J connectivity index is 0.000000116. The van der Waals surface area contributed by atoms with E-state index >= 15 is 0 Å². The number of halogens is 10. The van der Waals surface area contributed by atoms with Crippen LogP contribution >= 0.6 is 79.6 Å². The van der Waals surface area contributed by atoms with Crippen LogP contribution in [0.4, 0.5) is 50.4 Å². The van der Waals surface area contributed by atoms with E-state index in [9.17, 15) is 47.5 Å². The molecule has 10 heterocycles. The zero-order chi connectivity index (χ0) is 63.8. The van der Waals surface area contributed by atoms with E-state index in [0.29, 0.717) is 98.8 Å². The molecule has 5 saturated heterocycles. The third-order valence-electron chi connectivity index (χ3n) is 19.1. The highest BCUT2D eigenvalue weighted by atomic mass is 79.9. The minimum absolute atomic E-state index is 0.247. The molecule has 25 heteroatoms. The molecule has 5 aromatic rings. The van der Waals surface area contributed by atoms with E-state index in [1.165, 1.54) is 0 Å². The lowest BCUT2D eigenvalue weighted by molar-refractivity contribution is -0.0174. The molecule has 0 spiro atoms. The van der Waals surface area contributed by atoms with Gasteiger partial charge in [0.2, 0.25) is 0 Å². The number of anilines is 5. The van der Waals surface area contributed by atoms with Gasteiger partial charge in [0.05, 0.1) is 129 Å². The van der Waals surface area contributed by atoms with Crippen molar-refractivity contribution in [3.8, 4) is 0 Å². The number of rotatable bonds is 5. The van der Waals surface area contributed by atoms with Crippen LogP contribution in [0, 0.1) is 0 Å². The largest absolute Gasteiger partial charge is 0.393 e. The number of morpholine rings is 5. The van der Waals surface area contributed by atoms with Gasteiger partial charge in [-0.1, -0.05) is 110 Å². The van der Waals surface area contributed by atoms with Gasteiger partial charge in [0.15, 0.2) is 28.3 Å². The average molecular weight is 1580 g/mol. The van der Waals surface area contributed by atoms with Gasteiger partial charge in [-0.05, 0) is 88.5 Å². The molecule has 90 heavy (non-hydrogen) atoms. The summed E-state index contributed by atoms with van der Waals surface area (Å²) < 4.78 is 106. The Labute approximate surface area is 563 Å². The average Bonchev–Trinajstić information content (AvgIpc) is 1.07. The van der Waals surface area contributed by atoms with Gasteiger partial charge in [-0.25, -0.2) is 22.0 Å². The quantitative estimate of drug-likeness (QED) is 0.106. The van der Waals surface area contributed by atoms with Crippen molar-refractivity contribution >= 4 is 108 Å². The summed E-state index contributed by atoms with van der Waals surface area (Å²) in [4.78, 5) is 10.2. The van der Waals surface area contributed by atoms with E-state index in [1.54, 1.807) is 0 Å². The van der Waals surface area contributed by atoms with Crippen molar-refractivity contribution < 1.29 is 71.2 Å². The first-order valence-electron chi connectivity index (χ1n) is 30.3. The maximum atomic E-state index is 14.8. The van der Waals surface area contributed by atoms with Crippen LogP contribution in [0.15, 0.2) is 113 Å². The van der Waals surface area contributed by atoms with Crippen LogP contribution in [0.5, 0.6) is 0 Å².